The molecule has 0 spiro atoms. The second-order valence-electron chi connectivity index (χ2n) is 7.64. The summed E-state index contributed by atoms with van der Waals surface area (Å²) in [5, 5.41) is 23.6. The molecule has 0 saturated heterocycles. The molecule has 0 unspecified atom stereocenters. The van der Waals surface area contributed by atoms with Gasteiger partial charge in [0.25, 0.3) is 5.69 Å². The lowest BCUT2D eigenvalue weighted by molar-refractivity contribution is -0.384. The Morgan fingerprint density at radius 3 is 2.29 bits per heavy atom. The highest BCUT2D eigenvalue weighted by molar-refractivity contribution is 8.00. The highest BCUT2D eigenvalue weighted by Crippen LogP contribution is 2.36. The highest BCUT2D eigenvalue weighted by Gasteiger charge is 2.22. The van der Waals surface area contributed by atoms with Crippen molar-refractivity contribution >= 4 is 29.0 Å². The van der Waals surface area contributed by atoms with Crippen LogP contribution in [0.2, 0.25) is 0 Å². The fraction of sp³-hybridized carbons (Fsp3) is 0.0741. The molecule has 4 rings (SSSR count). The third-order valence-corrected chi connectivity index (χ3v) is 6.32. The predicted molar refractivity (Wildman–Crippen MR) is 137 cm³/mol. The van der Waals surface area contributed by atoms with Crippen LogP contribution < -0.4 is 5.32 Å². The number of carbonyl (C=O) groups is 1. The standard InChI is InChI=1S/C27H20N4O3S/c1-18(26(32)29-21-13-8-14-22(15-21)31(33)34)35-27-24(17-28)23(19-9-4-2-5-10-19)16-25(30-27)20-11-6-3-7-12-20/h2-16,18H,1H3,(H,29,32)/t18-/m0/s1. The number of thioether (sulfide) groups is 1. The maximum absolute atomic E-state index is 12.9. The van der Waals surface area contributed by atoms with Crippen LogP contribution in [0.25, 0.3) is 22.4 Å². The average Bonchev–Trinajstić information content (AvgIpc) is 2.89. The van der Waals surface area contributed by atoms with E-state index in [0.717, 1.165) is 16.7 Å². The van der Waals surface area contributed by atoms with Gasteiger partial charge in [0, 0.05) is 28.9 Å². The van der Waals surface area contributed by atoms with Gasteiger partial charge in [0.2, 0.25) is 5.91 Å². The summed E-state index contributed by atoms with van der Waals surface area (Å²) < 4.78 is 0. The SMILES string of the molecule is C[C@H](Sc1nc(-c2ccccc2)cc(-c2ccccc2)c1C#N)C(=O)Nc1cccc([N+](=O)[O-])c1. The van der Waals surface area contributed by atoms with E-state index < -0.39 is 10.2 Å². The van der Waals surface area contributed by atoms with E-state index in [4.69, 9.17) is 4.98 Å². The molecule has 0 saturated carbocycles. The van der Waals surface area contributed by atoms with Gasteiger partial charge in [-0.15, -0.1) is 0 Å². The molecular formula is C27H20N4O3S. The van der Waals surface area contributed by atoms with Crippen molar-refractivity contribution in [2.45, 2.75) is 17.2 Å². The molecule has 4 aromatic rings. The Morgan fingerprint density at radius 2 is 1.66 bits per heavy atom. The molecule has 8 heteroatoms. The zero-order valence-electron chi connectivity index (χ0n) is 18.7. The van der Waals surface area contributed by atoms with Crippen LogP contribution >= 0.6 is 11.8 Å². The first-order valence-electron chi connectivity index (χ1n) is 10.7. The number of amides is 1. The van der Waals surface area contributed by atoms with Crippen molar-refractivity contribution < 1.29 is 9.72 Å². The monoisotopic (exact) mass is 480 g/mol. The number of aromatic nitrogens is 1. The summed E-state index contributed by atoms with van der Waals surface area (Å²) in [6.07, 6.45) is 0. The molecule has 0 radical (unpaired) electrons. The van der Waals surface area contributed by atoms with Gasteiger partial charge >= 0.3 is 0 Å². The predicted octanol–water partition coefficient (Wildman–Crippen LogP) is 6.31. The van der Waals surface area contributed by atoms with Crippen molar-refractivity contribution in [2.24, 2.45) is 0 Å². The van der Waals surface area contributed by atoms with Crippen LogP contribution in [0.3, 0.4) is 0 Å². The molecule has 0 bridgehead atoms. The normalized spacial score (nSPS) is 11.3. The molecule has 1 heterocycles. The number of carbonyl (C=O) groups excluding carboxylic acids is 1. The van der Waals surface area contributed by atoms with Crippen LogP contribution in [0.5, 0.6) is 0 Å². The van der Waals surface area contributed by atoms with Gasteiger partial charge in [-0.1, -0.05) is 78.5 Å². The van der Waals surface area contributed by atoms with Crippen molar-refractivity contribution in [1.29, 1.82) is 5.26 Å². The number of benzene rings is 3. The van der Waals surface area contributed by atoms with E-state index in [9.17, 15) is 20.2 Å². The summed E-state index contributed by atoms with van der Waals surface area (Å²) in [5.41, 5.74) is 3.79. The van der Waals surface area contributed by atoms with Crippen LogP contribution in [0.4, 0.5) is 11.4 Å². The van der Waals surface area contributed by atoms with Crippen molar-refractivity contribution in [1.82, 2.24) is 4.98 Å². The number of pyridine rings is 1. The summed E-state index contributed by atoms with van der Waals surface area (Å²) in [6.45, 7) is 1.71. The Hall–Kier alpha value is -4.48. The zero-order valence-corrected chi connectivity index (χ0v) is 19.5. The van der Waals surface area contributed by atoms with Gasteiger partial charge in [0.1, 0.15) is 11.1 Å². The molecule has 3 aromatic carbocycles. The van der Waals surface area contributed by atoms with Crippen molar-refractivity contribution in [3.63, 3.8) is 0 Å². The van der Waals surface area contributed by atoms with E-state index in [1.165, 1.54) is 30.0 Å². The minimum Gasteiger partial charge on any atom is -0.325 e. The number of rotatable bonds is 7. The molecule has 1 amide bonds. The second kappa shape index (κ2) is 10.6. The highest BCUT2D eigenvalue weighted by atomic mass is 32.2. The van der Waals surface area contributed by atoms with Gasteiger partial charge in [0.15, 0.2) is 0 Å². The molecule has 1 atom stereocenters. The third-order valence-electron chi connectivity index (χ3n) is 5.23. The van der Waals surface area contributed by atoms with Gasteiger partial charge < -0.3 is 5.32 Å². The molecule has 172 valence electrons. The molecule has 1 N–H and O–H groups in total. The summed E-state index contributed by atoms with van der Waals surface area (Å²) in [6, 6.07) is 29.1. The van der Waals surface area contributed by atoms with Crippen LogP contribution in [0, 0.1) is 21.4 Å². The first kappa shape index (κ1) is 23.7. The molecule has 0 aliphatic rings. The molecule has 1 aromatic heterocycles. The van der Waals surface area contributed by atoms with Crippen LogP contribution in [-0.2, 0) is 4.79 Å². The Morgan fingerprint density at radius 1 is 1.00 bits per heavy atom. The molecule has 0 fully saturated rings. The lowest BCUT2D eigenvalue weighted by atomic mass is 9.99. The zero-order chi connectivity index (χ0) is 24.8. The Balaban J connectivity index is 1.69. The van der Waals surface area contributed by atoms with Crippen LogP contribution in [-0.4, -0.2) is 21.1 Å². The first-order chi connectivity index (χ1) is 17.0. The summed E-state index contributed by atoms with van der Waals surface area (Å²) in [5.74, 6) is -0.354. The largest absolute Gasteiger partial charge is 0.325 e. The summed E-state index contributed by atoms with van der Waals surface area (Å²) in [7, 11) is 0. The Bertz CT molecular complexity index is 1420. The maximum atomic E-state index is 12.9. The minimum absolute atomic E-state index is 0.111. The van der Waals surface area contributed by atoms with Crippen LogP contribution in [0.1, 0.15) is 12.5 Å². The van der Waals surface area contributed by atoms with Crippen molar-refractivity contribution in [2.75, 3.05) is 5.32 Å². The quantitative estimate of drug-likeness (QED) is 0.188. The number of nitriles is 1. The number of nitrogens with zero attached hydrogens (tertiary/aromatic N) is 3. The number of hydrogen-bond donors (Lipinski definition) is 1. The smallest absolute Gasteiger partial charge is 0.271 e. The van der Waals surface area contributed by atoms with E-state index in [1.54, 1.807) is 13.0 Å². The number of nitrogens with one attached hydrogen (secondary N) is 1. The van der Waals surface area contributed by atoms with Gasteiger partial charge in [-0.05, 0) is 24.6 Å². The lowest BCUT2D eigenvalue weighted by Gasteiger charge is -2.16. The van der Waals surface area contributed by atoms with Crippen molar-refractivity contribution in [3.05, 3.63) is 107 Å². The number of anilines is 1. The van der Waals surface area contributed by atoms with Gasteiger partial charge in [-0.3, -0.25) is 14.9 Å². The fourth-order valence-corrected chi connectivity index (χ4v) is 4.40. The van der Waals surface area contributed by atoms with Crippen molar-refractivity contribution in [3.8, 4) is 28.5 Å². The fourth-order valence-electron chi connectivity index (χ4n) is 3.48. The third kappa shape index (κ3) is 5.54. The number of hydrogen-bond acceptors (Lipinski definition) is 6. The molecule has 0 aliphatic heterocycles. The second-order valence-corrected chi connectivity index (χ2v) is 8.97. The number of non-ortho nitro benzene ring substituents is 1. The van der Waals surface area contributed by atoms with E-state index in [-0.39, 0.29) is 11.6 Å². The number of nitro benzene ring substituents is 1. The van der Waals surface area contributed by atoms with E-state index >= 15 is 0 Å². The van der Waals surface area contributed by atoms with Gasteiger partial charge in [0.05, 0.1) is 21.4 Å². The summed E-state index contributed by atoms with van der Waals surface area (Å²) >= 11 is 1.17. The number of nitro groups is 1. The molecular weight excluding hydrogens is 460 g/mol. The minimum atomic E-state index is -0.622. The van der Waals surface area contributed by atoms with E-state index in [0.29, 0.717) is 22.0 Å². The lowest BCUT2D eigenvalue weighted by Crippen LogP contribution is -2.22. The average molecular weight is 481 g/mol. The molecule has 7 nitrogen and oxygen atoms in total. The molecule has 0 aliphatic carbocycles. The molecule has 35 heavy (non-hydrogen) atoms. The Kier molecular flexibility index (Phi) is 7.19. The van der Waals surface area contributed by atoms with Crippen LogP contribution in [0.15, 0.2) is 96.0 Å². The Labute approximate surface area is 206 Å². The summed E-state index contributed by atoms with van der Waals surface area (Å²) in [4.78, 5) is 28.1. The first-order valence-corrected chi connectivity index (χ1v) is 11.6. The maximum Gasteiger partial charge on any atom is 0.271 e. The van der Waals surface area contributed by atoms with Gasteiger partial charge in [-0.25, -0.2) is 4.98 Å². The van der Waals surface area contributed by atoms with Gasteiger partial charge in [-0.2, -0.15) is 5.26 Å². The van der Waals surface area contributed by atoms with E-state index in [1.807, 2.05) is 66.7 Å². The van der Waals surface area contributed by atoms with E-state index in [2.05, 4.69) is 11.4 Å². The topological polar surface area (TPSA) is 109 Å².